The highest BCUT2D eigenvalue weighted by molar-refractivity contribution is 7.00. The number of aromatic nitrogens is 2. The lowest BCUT2D eigenvalue weighted by Crippen LogP contribution is -2.61. The van der Waals surface area contributed by atoms with Gasteiger partial charge in [-0.2, -0.15) is 0 Å². The van der Waals surface area contributed by atoms with Crippen LogP contribution in [0, 0.1) is 0 Å². The Morgan fingerprint density at radius 3 is 1.08 bits per heavy atom. The topological polar surface area (TPSA) is 16.3 Å². The van der Waals surface area contributed by atoms with Gasteiger partial charge < -0.3 is 18.9 Å². The van der Waals surface area contributed by atoms with Crippen LogP contribution in [-0.2, 0) is 16.2 Å². The molecular weight excluding hydrogens is 1420 g/mol. The molecule has 4 nitrogen and oxygen atoms in total. The Hall–Kier alpha value is -14.0. The maximum Gasteiger partial charge on any atom is 0.252 e. The largest absolute Gasteiger partial charge is 0.310 e. The van der Waals surface area contributed by atoms with Gasteiger partial charge in [-0.25, -0.2) is 0 Å². The summed E-state index contributed by atoms with van der Waals surface area (Å²) < 4.78 is 304. The van der Waals surface area contributed by atoms with Crippen LogP contribution in [0.3, 0.4) is 0 Å². The van der Waals surface area contributed by atoms with Gasteiger partial charge in [0.2, 0.25) is 0 Å². The fourth-order valence-corrected chi connectivity index (χ4v) is 17.7. The normalized spacial score (nSPS) is 16.8. The summed E-state index contributed by atoms with van der Waals surface area (Å²) in [6.45, 7) is 14.8. The van der Waals surface area contributed by atoms with Crippen molar-refractivity contribution in [3.05, 3.63) is 404 Å². The lowest BCUT2D eigenvalue weighted by molar-refractivity contribution is 0.590. The van der Waals surface area contributed by atoms with Gasteiger partial charge in [-0.15, -0.1) is 0 Å². The predicted molar refractivity (Wildman–Crippen MR) is 502 cm³/mol. The molecule has 0 spiro atoms. The fourth-order valence-electron chi connectivity index (χ4n) is 17.7. The third kappa shape index (κ3) is 11.3. The van der Waals surface area contributed by atoms with Crippen LogP contribution < -0.4 is 26.2 Å². The minimum atomic E-state index is -1.85. The quantitative estimate of drug-likeness (QED) is 0.120. The Labute approximate surface area is 733 Å². The molecule has 0 radical (unpaired) electrons. The van der Waals surface area contributed by atoms with Crippen molar-refractivity contribution in [2.45, 2.75) is 71.6 Å². The van der Waals surface area contributed by atoms with Gasteiger partial charge in [0.25, 0.3) is 6.71 Å². The number of rotatable bonds is 11. The lowest BCUT2D eigenvalue weighted by Gasteiger charge is -2.46. The van der Waals surface area contributed by atoms with E-state index in [-0.39, 0.29) is 39.1 Å². The van der Waals surface area contributed by atoms with Crippen molar-refractivity contribution in [2.24, 2.45) is 0 Å². The van der Waals surface area contributed by atoms with E-state index in [9.17, 15) is 32.9 Å². The Bertz CT molecular complexity index is 8560. The lowest BCUT2D eigenvalue weighted by atomic mass is 9.33. The number of benzene rings is 17. The van der Waals surface area contributed by atoms with E-state index in [1.165, 1.54) is 0 Å². The van der Waals surface area contributed by atoms with Crippen LogP contribution in [0.25, 0.3) is 144 Å². The van der Waals surface area contributed by atoms with Gasteiger partial charge in [0.05, 0.1) is 74.6 Å². The van der Waals surface area contributed by atoms with Gasteiger partial charge in [-0.1, -0.05) is 334 Å². The molecular formula is C113H87BN4. The van der Waals surface area contributed by atoms with Crippen LogP contribution >= 0.6 is 0 Å². The molecule has 118 heavy (non-hydrogen) atoms. The molecule has 0 unspecified atom stereocenters. The molecule has 0 N–H and O–H groups in total. The molecule has 0 bridgehead atoms. The van der Waals surface area contributed by atoms with Crippen LogP contribution in [0.2, 0.25) is 0 Å². The second-order valence-corrected chi connectivity index (χ2v) is 32.8. The molecule has 0 saturated carbocycles. The zero-order valence-electron chi connectivity index (χ0n) is 95.4. The maximum atomic E-state index is 12.2. The van der Waals surface area contributed by atoms with E-state index < -0.39 is 281 Å². The van der Waals surface area contributed by atoms with E-state index in [2.05, 4.69) is 79.7 Å². The minimum absolute atomic E-state index is 0.167. The summed E-state index contributed by atoms with van der Waals surface area (Å²) >= 11 is 0. The van der Waals surface area contributed by atoms with Crippen LogP contribution in [-0.4, -0.2) is 15.8 Å². The van der Waals surface area contributed by atoms with E-state index in [1.54, 1.807) is 0 Å². The Morgan fingerprint density at radius 1 is 0.280 bits per heavy atom. The molecule has 1 aliphatic carbocycles. The Morgan fingerprint density at radius 2 is 0.661 bits per heavy atom. The molecule has 5 heteroatoms. The average molecular weight is 1540 g/mol. The van der Waals surface area contributed by atoms with Gasteiger partial charge in [0.1, 0.15) is 0 Å². The first-order valence-electron chi connectivity index (χ1n) is 54.2. The predicted octanol–water partition coefficient (Wildman–Crippen LogP) is 28.5. The molecule has 19 aromatic rings. The third-order valence-corrected chi connectivity index (χ3v) is 23.5. The van der Waals surface area contributed by atoms with Gasteiger partial charge in [0, 0.05) is 83.3 Å². The molecule has 2 aliphatic heterocycles. The first kappa shape index (κ1) is 45.9. The molecule has 22 rings (SSSR count). The van der Waals surface area contributed by atoms with Crippen LogP contribution in [0.1, 0.15) is 119 Å². The second kappa shape index (κ2) is 27.1. The van der Waals surface area contributed by atoms with Crippen molar-refractivity contribution in [1.82, 2.24) is 9.13 Å². The van der Waals surface area contributed by atoms with Gasteiger partial charge in [-0.05, 0) is 219 Å². The van der Waals surface area contributed by atoms with E-state index in [0.717, 1.165) is 42.5 Å². The summed E-state index contributed by atoms with van der Waals surface area (Å²) in [7, 11) is 0. The van der Waals surface area contributed by atoms with E-state index in [0.29, 0.717) is 67.0 Å². The first-order chi connectivity index (χ1) is 70.1. The zero-order valence-corrected chi connectivity index (χ0v) is 65.4. The van der Waals surface area contributed by atoms with E-state index in [1.807, 2.05) is 186 Å². The molecule has 4 heterocycles. The summed E-state index contributed by atoms with van der Waals surface area (Å²) in [5.74, 6) is 0. The fraction of sp³-hybridized carbons (Fsp3) is 0.0973. The summed E-state index contributed by atoms with van der Waals surface area (Å²) in [5.41, 5.74) is 2.07. The van der Waals surface area contributed by atoms with Gasteiger partial charge in [-0.3, -0.25) is 0 Å². The van der Waals surface area contributed by atoms with Crippen LogP contribution in [0.5, 0.6) is 0 Å². The molecule has 17 aromatic carbocycles. The highest BCUT2D eigenvalue weighted by Crippen LogP contribution is 2.57. The first-order valence-corrected chi connectivity index (χ1v) is 39.2. The van der Waals surface area contributed by atoms with Crippen LogP contribution in [0.15, 0.2) is 381 Å². The summed E-state index contributed by atoms with van der Waals surface area (Å²) in [6, 6.07) is 37.9. The smallest absolute Gasteiger partial charge is 0.252 e. The number of hydrogen-bond donors (Lipinski definition) is 0. The molecule has 0 atom stereocenters. The van der Waals surface area contributed by atoms with Gasteiger partial charge in [0.15, 0.2) is 0 Å². The highest BCUT2D eigenvalue weighted by atomic mass is 15.2. The van der Waals surface area contributed by atoms with E-state index >= 15 is 0 Å². The monoisotopic (exact) mass is 1540 g/mol. The number of nitrogens with zero attached hydrogens (tertiary/aromatic N) is 4. The van der Waals surface area contributed by atoms with Crippen LogP contribution in [0.4, 0.5) is 34.1 Å². The summed E-state index contributed by atoms with van der Waals surface area (Å²) in [5, 5.41) is -2.17. The number of para-hydroxylation sites is 2. The highest BCUT2D eigenvalue weighted by Gasteiger charge is 2.47. The average Bonchev–Trinajstić information content (AvgIpc) is 0.907. The molecule has 562 valence electrons. The molecule has 0 fully saturated rings. The molecule has 3 aliphatic rings. The molecule has 2 aromatic heterocycles. The second-order valence-electron chi connectivity index (χ2n) is 32.8. The zero-order chi connectivity index (χ0) is 106. The maximum absolute atomic E-state index is 12.2. The number of fused-ring (bicyclic) bond motifs is 13. The van der Waals surface area contributed by atoms with Crippen molar-refractivity contribution in [3.8, 4) is 100 Å². The molecule has 0 amide bonds. The Balaban J connectivity index is 1.01. The van der Waals surface area contributed by atoms with Crippen molar-refractivity contribution in [3.63, 3.8) is 0 Å². The standard InChI is InChI=1S/C113H87BN4/c1-111(2,3)82-66-89(74-37-19-11-20-38-74)109(90(67-82)75-39-21-12-22-40-75)117-104-70-84(115-100-49-31-28-46-87(100)94-62-78(52-59-102(94)115)72-33-15-9-16-34-72)54-57-98(104)114-99-58-55-85(116-101-50-32-29-47-88(101)95-63-79(53-60-103(95)116)73-35-17-10-18-36-73)71-105(99)118(110-91(76-41-23-13-24-42-76)68-83(112(4,5)6)69-92(110)77-43-25-14-26-44-77)107-65-81(64-106(117)108(107)114)80-51-56-97-93(61-80)86-45-27-30-48-96(86)113(97,7)8/h9-71H,1-8H3/i9D,10D,15D,16D,17D,18D,28D,29D,31D,32D,33D,34D,35D,36D,46D,47D,49D,50D,52D,53D,54D,55D,57D,58D,59D,60D,62D,63D,70D,71D. The third-order valence-electron chi connectivity index (χ3n) is 23.5. The minimum Gasteiger partial charge on any atom is -0.310 e. The van der Waals surface area contributed by atoms with Crippen molar-refractivity contribution < 1.29 is 41.1 Å². The summed E-state index contributed by atoms with van der Waals surface area (Å²) in [4.78, 5) is 3.65. The van der Waals surface area contributed by atoms with Crippen molar-refractivity contribution >= 4 is 101 Å². The summed E-state index contributed by atoms with van der Waals surface area (Å²) in [6.07, 6.45) is 0. The SMILES string of the molecule is [2H]c1c([2H])c([2H])c(-c2c([2H])c([2H])c3c(c2[2H])c2c([2H])c([2H])c([2H])c([2H])c2n3-c2c([2H])c([2H])c3c(c2[2H])N(c2c(-c4ccccc4)cc(C(C)(C)C)cc2-c2ccccc2)c2cc(-c4ccc5c(c4)-c4ccccc4C5(C)C)cc4c2B3c2c([2H])c([2H])c(-n3c5c([2H])c([2H])c([2H])c([2H])c5c5c([2H])c(-c6c([2H])c([2H])c([2H])c([2H])c6[2H])c([2H])c([2H])c53)c([2H])c2N4c2c(-c3ccccc3)cc(C(C)(C)C)cc2-c2ccccc2)c([2H])c1[2H]. The Kier molecular flexibility index (Phi) is 10.5. The number of hydrogen-bond acceptors (Lipinski definition) is 2. The van der Waals surface area contributed by atoms with Crippen molar-refractivity contribution in [2.75, 3.05) is 9.80 Å². The van der Waals surface area contributed by atoms with Gasteiger partial charge >= 0.3 is 0 Å². The number of anilines is 6. The molecule has 0 saturated heterocycles. The van der Waals surface area contributed by atoms with Crippen molar-refractivity contribution in [1.29, 1.82) is 0 Å². The van der Waals surface area contributed by atoms with E-state index in [4.69, 9.17) is 8.22 Å².